The van der Waals surface area contributed by atoms with Gasteiger partial charge in [0.1, 0.15) is 0 Å². The van der Waals surface area contributed by atoms with Crippen LogP contribution in [0.2, 0.25) is 0 Å². The van der Waals surface area contributed by atoms with E-state index in [-0.39, 0.29) is 0 Å². The average Bonchev–Trinajstić information content (AvgIpc) is 2.81. The molecule has 0 aliphatic carbocycles. The summed E-state index contributed by atoms with van der Waals surface area (Å²) in [6.07, 6.45) is 4.94. The van der Waals surface area contributed by atoms with E-state index in [1.165, 1.54) is 11.8 Å². The van der Waals surface area contributed by atoms with Crippen molar-refractivity contribution in [2.75, 3.05) is 5.75 Å². The van der Waals surface area contributed by atoms with Crippen molar-refractivity contribution in [2.24, 2.45) is 5.16 Å². The third-order valence-electron chi connectivity index (χ3n) is 2.55. The Kier molecular flexibility index (Phi) is 4.80. The van der Waals surface area contributed by atoms with Crippen molar-refractivity contribution in [3.05, 3.63) is 60.4 Å². The maximum atomic E-state index is 8.70. The summed E-state index contributed by atoms with van der Waals surface area (Å²) in [7, 11) is 0. The number of oxime groups is 1. The van der Waals surface area contributed by atoms with Crippen LogP contribution in [0.1, 0.15) is 11.3 Å². The lowest BCUT2D eigenvalue weighted by Crippen LogP contribution is -2.05. The first-order chi connectivity index (χ1) is 9.35. The maximum absolute atomic E-state index is 8.70. The molecule has 0 aliphatic heterocycles. The van der Waals surface area contributed by atoms with Gasteiger partial charge in [-0.1, -0.05) is 53.3 Å². The van der Waals surface area contributed by atoms with Crippen molar-refractivity contribution >= 4 is 18.0 Å². The molecule has 4 nitrogen and oxygen atoms in total. The van der Waals surface area contributed by atoms with Gasteiger partial charge >= 0.3 is 0 Å². The smallest absolute Gasteiger partial charge is 0.169 e. The molecular formula is C14H15N3OS. The first kappa shape index (κ1) is 13.4. The van der Waals surface area contributed by atoms with Crippen LogP contribution in [0.3, 0.4) is 0 Å². The number of imidazole rings is 1. The highest BCUT2D eigenvalue weighted by atomic mass is 32.2. The van der Waals surface area contributed by atoms with Crippen molar-refractivity contribution in [1.82, 2.24) is 9.55 Å². The van der Waals surface area contributed by atoms with E-state index in [0.29, 0.717) is 6.54 Å². The van der Waals surface area contributed by atoms with Crippen LogP contribution in [0, 0.1) is 0 Å². The Bertz CT molecular complexity index is 563. The average molecular weight is 273 g/mol. The zero-order chi connectivity index (χ0) is 13.5. The Hall–Kier alpha value is -2.01. The van der Waals surface area contributed by atoms with Crippen molar-refractivity contribution < 1.29 is 5.21 Å². The van der Waals surface area contributed by atoms with E-state index < -0.39 is 0 Å². The van der Waals surface area contributed by atoms with Gasteiger partial charge < -0.3 is 9.77 Å². The number of hydrogen-bond acceptors (Lipinski definition) is 4. The third-order valence-corrected chi connectivity index (χ3v) is 3.54. The summed E-state index contributed by atoms with van der Waals surface area (Å²) in [6.45, 7) is 4.40. The van der Waals surface area contributed by atoms with Crippen molar-refractivity contribution in [2.45, 2.75) is 11.7 Å². The van der Waals surface area contributed by atoms with E-state index in [1.807, 2.05) is 28.8 Å². The van der Waals surface area contributed by atoms with Gasteiger partial charge in [-0.2, -0.15) is 0 Å². The van der Waals surface area contributed by atoms with E-state index >= 15 is 0 Å². The Labute approximate surface area is 116 Å². The molecule has 2 aromatic rings. The zero-order valence-electron chi connectivity index (χ0n) is 10.4. The van der Waals surface area contributed by atoms with Gasteiger partial charge in [0.2, 0.25) is 0 Å². The largest absolute Gasteiger partial charge is 0.411 e. The van der Waals surface area contributed by atoms with Gasteiger partial charge in [-0.3, -0.25) is 0 Å². The quantitative estimate of drug-likeness (QED) is 0.289. The molecule has 0 spiro atoms. The molecule has 0 radical (unpaired) electrons. The minimum absolute atomic E-state index is 0.696. The second-order valence-electron chi connectivity index (χ2n) is 3.88. The fourth-order valence-corrected chi connectivity index (χ4v) is 2.43. The Balaban J connectivity index is 2.29. The standard InChI is InChI=1S/C14H15N3OS/c1-2-8-19-14-15-9-13(10-16-18)17(14)11-12-6-4-3-5-7-12/h2-7,9-10,18H,1,8,11H2/b16-10-. The first-order valence-corrected chi connectivity index (χ1v) is 6.84. The summed E-state index contributed by atoms with van der Waals surface area (Å²) in [5.41, 5.74) is 1.95. The van der Waals surface area contributed by atoms with Crippen LogP contribution in [0.5, 0.6) is 0 Å². The second-order valence-corrected chi connectivity index (χ2v) is 4.87. The van der Waals surface area contributed by atoms with Crippen LogP contribution in [-0.4, -0.2) is 26.7 Å². The van der Waals surface area contributed by atoms with Crippen molar-refractivity contribution in [3.63, 3.8) is 0 Å². The van der Waals surface area contributed by atoms with Crippen molar-refractivity contribution in [1.29, 1.82) is 0 Å². The third kappa shape index (κ3) is 3.48. The summed E-state index contributed by atoms with van der Waals surface area (Å²) in [6, 6.07) is 10.1. The molecule has 98 valence electrons. The van der Waals surface area contributed by atoms with Gasteiger partial charge in [-0.25, -0.2) is 4.98 Å². The molecule has 1 N–H and O–H groups in total. The lowest BCUT2D eigenvalue weighted by molar-refractivity contribution is 0.321. The van der Waals surface area contributed by atoms with Crippen LogP contribution >= 0.6 is 11.8 Å². The summed E-state index contributed by atoms with van der Waals surface area (Å²) in [5, 5.41) is 12.7. The Morgan fingerprint density at radius 3 is 2.84 bits per heavy atom. The predicted octanol–water partition coefficient (Wildman–Crippen LogP) is 3.02. The van der Waals surface area contributed by atoms with E-state index in [0.717, 1.165) is 16.6 Å². The predicted molar refractivity (Wildman–Crippen MR) is 78.1 cm³/mol. The second kappa shape index (κ2) is 6.80. The monoisotopic (exact) mass is 273 g/mol. The molecule has 0 bridgehead atoms. The molecule has 0 saturated carbocycles. The van der Waals surface area contributed by atoms with Crippen LogP contribution in [0.15, 0.2) is 59.5 Å². The Morgan fingerprint density at radius 2 is 2.16 bits per heavy atom. The SMILES string of the molecule is C=CCSc1ncc(/C=N\O)n1Cc1ccccc1. The van der Waals surface area contributed by atoms with Gasteiger partial charge in [-0.05, 0) is 5.56 Å². The molecule has 1 aromatic heterocycles. The molecule has 19 heavy (non-hydrogen) atoms. The summed E-state index contributed by atoms with van der Waals surface area (Å²) in [4.78, 5) is 4.34. The normalized spacial score (nSPS) is 10.9. The number of rotatable bonds is 6. The number of hydrogen-bond donors (Lipinski definition) is 1. The van der Waals surface area contributed by atoms with Gasteiger partial charge in [0.15, 0.2) is 5.16 Å². The van der Waals surface area contributed by atoms with Gasteiger partial charge in [0.05, 0.1) is 24.7 Å². The molecule has 0 atom stereocenters. The molecule has 0 fully saturated rings. The van der Waals surface area contributed by atoms with Crippen LogP contribution < -0.4 is 0 Å². The van der Waals surface area contributed by atoms with E-state index in [1.54, 1.807) is 18.0 Å². The molecule has 0 saturated heterocycles. The lowest BCUT2D eigenvalue weighted by Gasteiger charge is -2.09. The fourth-order valence-electron chi connectivity index (χ4n) is 1.71. The van der Waals surface area contributed by atoms with Gasteiger partial charge in [0.25, 0.3) is 0 Å². The molecule has 1 heterocycles. The topological polar surface area (TPSA) is 50.4 Å². The highest BCUT2D eigenvalue weighted by Crippen LogP contribution is 2.19. The van der Waals surface area contributed by atoms with E-state index in [2.05, 4.69) is 28.9 Å². The zero-order valence-corrected chi connectivity index (χ0v) is 11.3. The first-order valence-electron chi connectivity index (χ1n) is 5.85. The minimum atomic E-state index is 0.696. The number of nitrogens with zero attached hydrogens (tertiary/aromatic N) is 3. The highest BCUT2D eigenvalue weighted by molar-refractivity contribution is 7.99. The van der Waals surface area contributed by atoms with Crippen LogP contribution in [0.4, 0.5) is 0 Å². The summed E-state index contributed by atoms with van der Waals surface area (Å²) >= 11 is 1.60. The summed E-state index contributed by atoms with van der Waals surface area (Å²) in [5.74, 6) is 0.793. The van der Waals surface area contributed by atoms with E-state index in [4.69, 9.17) is 5.21 Å². The van der Waals surface area contributed by atoms with Gasteiger partial charge in [0, 0.05) is 5.75 Å². The molecule has 1 aromatic carbocycles. The highest BCUT2D eigenvalue weighted by Gasteiger charge is 2.09. The van der Waals surface area contributed by atoms with Crippen LogP contribution in [-0.2, 0) is 6.54 Å². The van der Waals surface area contributed by atoms with Gasteiger partial charge in [-0.15, -0.1) is 6.58 Å². The molecule has 2 rings (SSSR count). The summed E-state index contributed by atoms with van der Waals surface area (Å²) < 4.78 is 2.02. The number of thioether (sulfide) groups is 1. The molecule has 0 unspecified atom stereocenters. The molecule has 0 amide bonds. The molecular weight excluding hydrogens is 258 g/mol. The molecule has 0 aliphatic rings. The van der Waals surface area contributed by atoms with Crippen LogP contribution in [0.25, 0.3) is 0 Å². The number of aromatic nitrogens is 2. The maximum Gasteiger partial charge on any atom is 0.169 e. The van der Waals surface area contributed by atoms with Crippen molar-refractivity contribution in [3.8, 4) is 0 Å². The fraction of sp³-hybridized carbons (Fsp3) is 0.143. The minimum Gasteiger partial charge on any atom is -0.411 e. The lowest BCUT2D eigenvalue weighted by atomic mass is 10.2. The number of benzene rings is 1. The Morgan fingerprint density at radius 1 is 1.37 bits per heavy atom. The molecule has 5 heteroatoms. The van der Waals surface area contributed by atoms with E-state index in [9.17, 15) is 0 Å².